The highest BCUT2D eigenvalue weighted by Gasteiger charge is 2.18. The molecule has 32 heavy (non-hydrogen) atoms. The Morgan fingerprint density at radius 2 is 1.41 bits per heavy atom. The van der Waals surface area contributed by atoms with E-state index >= 15 is 0 Å². The largest absolute Gasteiger partial charge is 0.445 e. The molecule has 3 aromatic carbocycles. The predicted molar refractivity (Wildman–Crippen MR) is 122 cm³/mol. The summed E-state index contributed by atoms with van der Waals surface area (Å²) in [6, 6.07) is 24.0. The molecule has 8 heteroatoms. The molecule has 0 unspecified atom stereocenters. The molecule has 0 aliphatic carbocycles. The van der Waals surface area contributed by atoms with Crippen LogP contribution in [0.15, 0.2) is 78.9 Å². The van der Waals surface area contributed by atoms with E-state index in [2.05, 4.69) is 0 Å². The molecule has 7 nitrogen and oxygen atoms in total. The lowest BCUT2D eigenvalue weighted by atomic mass is 10.1. The molecule has 0 atom stereocenters. The average molecular weight is 454 g/mol. The van der Waals surface area contributed by atoms with Crippen molar-refractivity contribution >= 4 is 13.7 Å². The maximum atomic E-state index is 12.9. The summed E-state index contributed by atoms with van der Waals surface area (Å²) in [5.74, 6) is 0. The highest BCUT2D eigenvalue weighted by atomic mass is 31.2. The zero-order chi connectivity index (χ0) is 23.0. The van der Waals surface area contributed by atoms with Gasteiger partial charge >= 0.3 is 13.7 Å². The van der Waals surface area contributed by atoms with Gasteiger partial charge in [0.05, 0.1) is 6.16 Å². The molecule has 0 spiro atoms. The van der Waals surface area contributed by atoms with Gasteiger partial charge in [0.2, 0.25) is 0 Å². The van der Waals surface area contributed by atoms with Crippen molar-refractivity contribution in [3.63, 3.8) is 0 Å². The SMILES string of the molecule is NCc1cccc(CN(Cc2ccc(CP(=O)(O)O)cc2)C(=O)OCc2ccccc2)c1. The van der Waals surface area contributed by atoms with Crippen LogP contribution in [0.5, 0.6) is 0 Å². The summed E-state index contributed by atoms with van der Waals surface area (Å²) in [6.07, 6.45) is -0.770. The van der Waals surface area contributed by atoms with Gasteiger partial charge in [0, 0.05) is 19.6 Å². The van der Waals surface area contributed by atoms with E-state index in [1.54, 1.807) is 29.2 Å². The van der Waals surface area contributed by atoms with E-state index in [1.165, 1.54) is 0 Å². The third-order valence-corrected chi connectivity index (χ3v) is 5.63. The topological polar surface area (TPSA) is 113 Å². The van der Waals surface area contributed by atoms with E-state index in [4.69, 9.17) is 20.3 Å². The number of amides is 1. The van der Waals surface area contributed by atoms with E-state index in [9.17, 15) is 9.36 Å². The van der Waals surface area contributed by atoms with Gasteiger partial charge in [0.1, 0.15) is 6.61 Å². The molecule has 0 heterocycles. The van der Waals surface area contributed by atoms with Gasteiger partial charge in [-0.3, -0.25) is 9.46 Å². The fraction of sp³-hybridized carbons (Fsp3) is 0.208. The smallest absolute Gasteiger partial charge is 0.410 e. The minimum absolute atomic E-state index is 0.167. The molecule has 0 saturated carbocycles. The molecule has 3 rings (SSSR count). The Hall–Kier alpha value is -2.96. The van der Waals surface area contributed by atoms with Gasteiger partial charge in [-0.1, -0.05) is 78.9 Å². The van der Waals surface area contributed by atoms with Gasteiger partial charge in [-0.2, -0.15) is 0 Å². The van der Waals surface area contributed by atoms with Crippen molar-refractivity contribution in [1.29, 1.82) is 0 Å². The van der Waals surface area contributed by atoms with E-state index < -0.39 is 13.7 Å². The molecule has 0 aliphatic heterocycles. The first-order valence-corrected chi connectivity index (χ1v) is 12.0. The van der Waals surface area contributed by atoms with Crippen LogP contribution in [0.3, 0.4) is 0 Å². The summed E-state index contributed by atoms with van der Waals surface area (Å²) in [5, 5.41) is 0. The molecule has 0 aromatic heterocycles. The summed E-state index contributed by atoms with van der Waals surface area (Å²) in [7, 11) is -4.13. The number of hydrogen-bond donors (Lipinski definition) is 3. The lowest BCUT2D eigenvalue weighted by Crippen LogP contribution is -2.30. The molecule has 0 fully saturated rings. The second-order valence-electron chi connectivity index (χ2n) is 7.56. The van der Waals surface area contributed by atoms with Gasteiger partial charge < -0.3 is 20.3 Å². The van der Waals surface area contributed by atoms with Crippen LogP contribution >= 0.6 is 7.60 Å². The van der Waals surface area contributed by atoms with Crippen molar-refractivity contribution in [3.05, 3.63) is 107 Å². The van der Waals surface area contributed by atoms with Crippen LogP contribution in [0, 0.1) is 0 Å². The fourth-order valence-electron chi connectivity index (χ4n) is 3.28. The number of carbonyl (C=O) groups excluding carboxylic acids is 1. The quantitative estimate of drug-likeness (QED) is 0.419. The van der Waals surface area contributed by atoms with Crippen LogP contribution in [-0.4, -0.2) is 20.8 Å². The number of nitrogens with two attached hydrogens (primary N) is 1. The molecule has 3 aromatic rings. The molecular formula is C24H27N2O5P. The van der Waals surface area contributed by atoms with Gasteiger partial charge in [-0.15, -0.1) is 0 Å². The maximum absolute atomic E-state index is 12.9. The maximum Gasteiger partial charge on any atom is 0.410 e. The Balaban J connectivity index is 1.74. The minimum atomic E-state index is -4.13. The van der Waals surface area contributed by atoms with Crippen molar-refractivity contribution in [2.24, 2.45) is 5.73 Å². The van der Waals surface area contributed by atoms with Crippen molar-refractivity contribution in [3.8, 4) is 0 Å². The van der Waals surface area contributed by atoms with Crippen LogP contribution in [-0.2, 0) is 41.7 Å². The standard InChI is InChI=1S/C24H27N2O5P/c25-14-22-7-4-8-23(13-22)16-26(24(27)31-17-20-5-2-1-3-6-20)15-19-9-11-21(12-10-19)18-32(28,29)30/h1-13H,14-18,25H2,(H2,28,29,30). The van der Waals surface area contributed by atoms with Gasteiger partial charge in [-0.05, 0) is 27.8 Å². The lowest BCUT2D eigenvalue weighted by molar-refractivity contribution is 0.0910. The predicted octanol–water partition coefficient (Wildman–Crippen LogP) is 4.16. The van der Waals surface area contributed by atoms with Crippen LogP contribution in [0.2, 0.25) is 0 Å². The average Bonchev–Trinajstić information content (AvgIpc) is 2.78. The van der Waals surface area contributed by atoms with Crippen molar-refractivity contribution < 1.29 is 23.9 Å². The summed E-state index contributed by atoms with van der Waals surface area (Å²) in [5.41, 5.74) is 9.91. The zero-order valence-electron chi connectivity index (χ0n) is 17.6. The molecule has 0 radical (unpaired) electrons. The Morgan fingerprint density at radius 3 is 2.06 bits per heavy atom. The monoisotopic (exact) mass is 454 g/mol. The summed E-state index contributed by atoms with van der Waals surface area (Å²) >= 11 is 0. The lowest BCUT2D eigenvalue weighted by Gasteiger charge is -2.23. The molecule has 0 saturated heterocycles. The number of hydrogen-bond acceptors (Lipinski definition) is 4. The van der Waals surface area contributed by atoms with Gasteiger partial charge in [-0.25, -0.2) is 4.79 Å². The van der Waals surface area contributed by atoms with Gasteiger partial charge in [0.25, 0.3) is 0 Å². The van der Waals surface area contributed by atoms with E-state index in [0.29, 0.717) is 18.7 Å². The van der Waals surface area contributed by atoms with Crippen molar-refractivity contribution in [1.82, 2.24) is 4.90 Å². The normalized spacial score (nSPS) is 11.2. The number of nitrogens with zero attached hydrogens (tertiary/aromatic N) is 1. The van der Waals surface area contributed by atoms with E-state index in [-0.39, 0.29) is 19.3 Å². The van der Waals surface area contributed by atoms with E-state index in [0.717, 1.165) is 22.3 Å². The van der Waals surface area contributed by atoms with Crippen LogP contribution in [0.1, 0.15) is 27.8 Å². The third-order valence-electron chi connectivity index (χ3n) is 4.85. The Labute approximate surface area is 187 Å². The molecule has 0 aliphatic rings. The number of rotatable bonds is 9. The Bertz CT molecular complexity index is 1070. The zero-order valence-corrected chi connectivity index (χ0v) is 18.5. The Kier molecular flexibility index (Phi) is 8.20. The molecular weight excluding hydrogens is 427 g/mol. The highest BCUT2D eigenvalue weighted by Crippen LogP contribution is 2.38. The molecule has 4 N–H and O–H groups in total. The summed E-state index contributed by atoms with van der Waals surface area (Å²) < 4.78 is 16.8. The number of benzene rings is 3. The fourth-order valence-corrected chi connectivity index (χ4v) is 3.97. The first-order valence-electron chi connectivity index (χ1n) is 10.2. The molecule has 168 valence electrons. The van der Waals surface area contributed by atoms with Crippen LogP contribution in [0.25, 0.3) is 0 Å². The van der Waals surface area contributed by atoms with Crippen LogP contribution in [0.4, 0.5) is 4.79 Å². The van der Waals surface area contributed by atoms with Crippen molar-refractivity contribution in [2.45, 2.75) is 32.4 Å². The van der Waals surface area contributed by atoms with Gasteiger partial charge in [0.15, 0.2) is 0 Å². The first-order chi connectivity index (χ1) is 15.3. The molecule has 0 bridgehead atoms. The minimum Gasteiger partial charge on any atom is -0.445 e. The number of carbonyl (C=O) groups is 1. The first kappa shape index (κ1) is 23.7. The number of ether oxygens (including phenoxy) is 1. The van der Waals surface area contributed by atoms with Crippen LogP contribution < -0.4 is 5.73 Å². The Morgan fingerprint density at radius 1 is 0.812 bits per heavy atom. The molecule has 1 amide bonds. The van der Waals surface area contributed by atoms with Crippen molar-refractivity contribution in [2.75, 3.05) is 0 Å². The summed E-state index contributed by atoms with van der Waals surface area (Å²) in [4.78, 5) is 32.8. The second-order valence-corrected chi connectivity index (χ2v) is 9.21. The summed E-state index contributed by atoms with van der Waals surface area (Å²) in [6.45, 7) is 1.20. The second kappa shape index (κ2) is 11.1. The third kappa shape index (κ3) is 7.62. The highest BCUT2D eigenvalue weighted by molar-refractivity contribution is 7.50. The van der Waals surface area contributed by atoms with E-state index in [1.807, 2.05) is 54.6 Å².